The molecule has 1 aromatic heterocycles. The van der Waals surface area contributed by atoms with Crippen LogP contribution in [0.2, 0.25) is 0 Å². The van der Waals surface area contributed by atoms with Gasteiger partial charge in [-0.15, -0.1) is 0 Å². The lowest BCUT2D eigenvalue weighted by molar-refractivity contribution is 0.680. The van der Waals surface area contributed by atoms with Crippen molar-refractivity contribution in [3.8, 4) is 0 Å². The molecule has 0 fully saturated rings. The zero-order valence-corrected chi connectivity index (χ0v) is 14.1. The molecule has 0 aliphatic heterocycles. The fourth-order valence-electron chi connectivity index (χ4n) is 2.41. The zero-order chi connectivity index (χ0) is 16.3. The van der Waals surface area contributed by atoms with Crippen molar-refractivity contribution in [2.24, 2.45) is 4.99 Å². The van der Waals surface area contributed by atoms with Crippen molar-refractivity contribution in [3.63, 3.8) is 0 Å². The Kier molecular flexibility index (Phi) is 7.17. The molecule has 124 valence electrons. The third-order valence-corrected chi connectivity index (χ3v) is 3.65. The predicted octanol–water partition coefficient (Wildman–Crippen LogP) is 2.79. The van der Waals surface area contributed by atoms with E-state index in [1.807, 2.05) is 24.0 Å². The summed E-state index contributed by atoms with van der Waals surface area (Å²) in [5.74, 6) is 0.860. The molecule has 0 saturated carbocycles. The van der Waals surface area contributed by atoms with Gasteiger partial charge >= 0.3 is 0 Å². The lowest BCUT2D eigenvalue weighted by Gasteiger charge is -2.12. The molecule has 0 spiro atoms. The second-order valence-corrected chi connectivity index (χ2v) is 5.58. The van der Waals surface area contributed by atoms with Gasteiger partial charge in [0.1, 0.15) is 0 Å². The number of unbranched alkanes of at least 4 members (excludes halogenated alkanes) is 2. The van der Waals surface area contributed by atoms with Crippen LogP contribution in [0.25, 0.3) is 0 Å². The van der Waals surface area contributed by atoms with E-state index in [1.54, 1.807) is 6.20 Å². The SMILES string of the molecule is CCCCCNC(=NC)NCc1cccc(Cn2cccn2)c1. The highest BCUT2D eigenvalue weighted by molar-refractivity contribution is 5.79. The average Bonchev–Trinajstić information content (AvgIpc) is 3.07. The Bertz CT molecular complexity index is 589. The quantitative estimate of drug-likeness (QED) is 0.448. The molecule has 1 heterocycles. The molecular weight excluding hydrogens is 286 g/mol. The Morgan fingerprint density at radius 1 is 1.17 bits per heavy atom. The average molecular weight is 313 g/mol. The van der Waals surface area contributed by atoms with Gasteiger partial charge in [-0.1, -0.05) is 44.0 Å². The molecule has 2 N–H and O–H groups in total. The first-order chi connectivity index (χ1) is 11.3. The summed E-state index contributed by atoms with van der Waals surface area (Å²) in [4.78, 5) is 4.26. The maximum absolute atomic E-state index is 4.26. The number of hydrogen-bond acceptors (Lipinski definition) is 2. The van der Waals surface area contributed by atoms with E-state index in [2.05, 4.69) is 51.9 Å². The minimum Gasteiger partial charge on any atom is -0.356 e. The fraction of sp³-hybridized carbons (Fsp3) is 0.444. The third-order valence-electron chi connectivity index (χ3n) is 3.65. The van der Waals surface area contributed by atoms with E-state index in [9.17, 15) is 0 Å². The van der Waals surface area contributed by atoms with Gasteiger partial charge in [0.2, 0.25) is 0 Å². The molecule has 1 aromatic carbocycles. The molecule has 2 rings (SSSR count). The van der Waals surface area contributed by atoms with Gasteiger partial charge in [0, 0.05) is 32.5 Å². The van der Waals surface area contributed by atoms with E-state index in [1.165, 1.54) is 30.4 Å². The number of rotatable bonds is 8. The van der Waals surface area contributed by atoms with Crippen LogP contribution < -0.4 is 10.6 Å². The van der Waals surface area contributed by atoms with E-state index in [4.69, 9.17) is 0 Å². The van der Waals surface area contributed by atoms with Crippen LogP contribution in [0.4, 0.5) is 0 Å². The van der Waals surface area contributed by atoms with E-state index in [0.717, 1.165) is 25.6 Å². The largest absolute Gasteiger partial charge is 0.356 e. The Morgan fingerprint density at radius 3 is 2.78 bits per heavy atom. The lowest BCUT2D eigenvalue weighted by Crippen LogP contribution is -2.37. The van der Waals surface area contributed by atoms with Crippen molar-refractivity contribution in [2.75, 3.05) is 13.6 Å². The first-order valence-electron chi connectivity index (χ1n) is 8.31. The standard InChI is InChI=1S/C18H27N5/c1-3-4-5-10-20-18(19-2)21-14-16-8-6-9-17(13-16)15-23-12-7-11-22-23/h6-9,11-13H,3-5,10,14-15H2,1-2H3,(H2,19,20,21). The fourth-order valence-corrected chi connectivity index (χ4v) is 2.41. The first-order valence-corrected chi connectivity index (χ1v) is 8.31. The summed E-state index contributed by atoms with van der Waals surface area (Å²) in [7, 11) is 1.81. The molecule has 23 heavy (non-hydrogen) atoms. The van der Waals surface area contributed by atoms with Gasteiger partial charge in [-0.3, -0.25) is 9.67 Å². The Labute approximate surface area is 138 Å². The summed E-state index contributed by atoms with van der Waals surface area (Å²) in [6.07, 6.45) is 7.44. The Morgan fingerprint density at radius 2 is 2.04 bits per heavy atom. The van der Waals surface area contributed by atoms with Gasteiger partial charge in [0.25, 0.3) is 0 Å². The van der Waals surface area contributed by atoms with Gasteiger partial charge < -0.3 is 10.6 Å². The summed E-state index contributed by atoms with van der Waals surface area (Å²) in [6, 6.07) is 10.5. The van der Waals surface area contributed by atoms with Crippen LogP contribution in [0.5, 0.6) is 0 Å². The smallest absolute Gasteiger partial charge is 0.191 e. The van der Waals surface area contributed by atoms with Crippen LogP contribution in [0.15, 0.2) is 47.7 Å². The second-order valence-electron chi connectivity index (χ2n) is 5.58. The van der Waals surface area contributed by atoms with Gasteiger partial charge in [-0.2, -0.15) is 5.10 Å². The number of hydrogen-bond donors (Lipinski definition) is 2. The van der Waals surface area contributed by atoms with Gasteiger partial charge in [-0.05, 0) is 23.6 Å². The van der Waals surface area contributed by atoms with E-state index >= 15 is 0 Å². The van der Waals surface area contributed by atoms with Crippen LogP contribution in [-0.4, -0.2) is 29.3 Å². The predicted molar refractivity (Wildman–Crippen MR) is 95.5 cm³/mol. The minimum atomic E-state index is 0.764. The van der Waals surface area contributed by atoms with Crippen LogP contribution in [0.3, 0.4) is 0 Å². The van der Waals surface area contributed by atoms with Crippen molar-refractivity contribution in [2.45, 2.75) is 39.3 Å². The molecule has 5 heteroatoms. The maximum Gasteiger partial charge on any atom is 0.191 e. The Hall–Kier alpha value is -2.30. The number of aromatic nitrogens is 2. The molecule has 0 unspecified atom stereocenters. The molecular formula is C18H27N5. The molecule has 0 aliphatic rings. The Balaban J connectivity index is 1.82. The van der Waals surface area contributed by atoms with E-state index in [-0.39, 0.29) is 0 Å². The number of guanidine groups is 1. The number of nitrogens with zero attached hydrogens (tertiary/aromatic N) is 3. The third kappa shape index (κ3) is 6.14. The van der Waals surface area contributed by atoms with Crippen molar-refractivity contribution < 1.29 is 0 Å². The van der Waals surface area contributed by atoms with Gasteiger partial charge in [-0.25, -0.2) is 0 Å². The van der Waals surface area contributed by atoms with Crippen LogP contribution >= 0.6 is 0 Å². The lowest BCUT2D eigenvalue weighted by atomic mass is 10.1. The summed E-state index contributed by atoms with van der Waals surface area (Å²) >= 11 is 0. The van der Waals surface area contributed by atoms with Gasteiger partial charge in [0.05, 0.1) is 6.54 Å². The van der Waals surface area contributed by atoms with Crippen molar-refractivity contribution in [1.29, 1.82) is 0 Å². The van der Waals surface area contributed by atoms with E-state index in [0.29, 0.717) is 0 Å². The normalized spacial score (nSPS) is 11.5. The number of aliphatic imine (C=N–C) groups is 1. The molecule has 0 atom stereocenters. The van der Waals surface area contributed by atoms with Crippen LogP contribution in [-0.2, 0) is 13.1 Å². The summed E-state index contributed by atoms with van der Waals surface area (Å²) in [6.45, 7) is 4.74. The minimum absolute atomic E-state index is 0.764. The molecule has 0 amide bonds. The van der Waals surface area contributed by atoms with E-state index < -0.39 is 0 Å². The van der Waals surface area contributed by atoms with Crippen molar-refractivity contribution in [3.05, 3.63) is 53.9 Å². The molecule has 2 aromatic rings. The van der Waals surface area contributed by atoms with Crippen molar-refractivity contribution in [1.82, 2.24) is 20.4 Å². The molecule has 0 bridgehead atoms. The van der Waals surface area contributed by atoms with Crippen LogP contribution in [0.1, 0.15) is 37.3 Å². The second kappa shape index (κ2) is 9.66. The highest BCUT2D eigenvalue weighted by atomic mass is 15.3. The van der Waals surface area contributed by atoms with Gasteiger partial charge in [0.15, 0.2) is 5.96 Å². The number of benzene rings is 1. The monoisotopic (exact) mass is 313 g/mol. The topological polar surface area (TPSA) is 54.2 Å². The highest BCUT2D eigenvalue weighted by Gasteiger charge is 2.00. The zero-order valence-electron chi connectivity index (χ0n) is 14.1. The number of nitrogens with one attached hydrogen (secondary N) is 2. The highest BCUT2D eigenvalue weighted by Crippen LogP contribution is 2.07. The van der Waals surface area contributed by atoms with Crippen LogP contribution in [0, 0.1) is 0 Å². The first kappa shape index (κ1) is 17.1. The molecule has 0 saturated heterocycles. The van der Waals surface area contributed by atoms with Crippen molar-refractivity contribution >= 4 is 5.96 Å². The summed E-state index contributed by atoms with van der Waals surface area (Å²) in [5, 5.41) is 11.0. The summed E-state index contributed by atoms with van der Waals surface area (Å²) < 4.78 is 1.93. The molecule has 0 aliphatic carbocycles. The molecule has 5 nitrogen and oxygen atoms in total. The molecule has 0 radical (unpaired) electrons. The maximum atomic E-state index is 4.26. The summed E-state index contributed by atoms with van der Waals surface area (Å²) in [5.41, 5.74) is 2.49.